The average molecular weight is 316 g/mol. The number of fused-ring (bicyclic) bond motifs is 1. The van der Waals surface area contributed by atoms with E-state index >= 15 is 0 Å². The summed E-state index contributed by atoms with van der Waals surface area (Å²) in [4.78, 5) is 25.3. The molecule has 23 heavy (non-hydrogen) atoms. The van der Waals surface area contributed by atoms with Crippen molar-refractivity contribution in [1.82, 2.24) is 10.9 Å². The van der Waals surface area contributed by atoms with Crippen LogP contribution in [0.2, 0.25) is 0 Å². The van der Waals surface area contributed by atoms with Crippen LogP contribution in [0.1, 0.15) is 42.5 Å². The van der Waals surface area contributed by atoms with Crippen LogP contribution in [-0.4, -0.2) is 31.4 Å². The molecule has 3 rings (SSSR count). The molecule has 5 heteroatoms. The van der Waals surface area contributed by atoms with E-state index in [4.69, 9.17) is 0 Å². The molecule has 1 unspecified atom stereocenters. The van der Waals surface area contributed by atoms with Crippen LogP contribution in [0.5, 0.6) is 0 Å². The molecule has 0 aromatic heterocycles. The first-order chi connectivity index (χ1) is 11.2. The van der Waals surface area contributed by atoms with Gasteiger partial charge in [-0.2, -0.15) is 0 Å². The van der Waals surface area contributed by atoms with Crippen molar-refractivity contribution < 1.29 is 14.5 Å². The molecular formula is C18H26N3O2+. The molecule has 1 aliphatic heterocycles. The lowest BCUT2D eigenvalue weighted by Gasteiger charge is -2.38. The van der Waals surface area contributed by atoms with Crippen LogP contribution in [0, 0.1) is 11.8 Å². The van der Waals surface area contributed by atoms with E-state index in [-0.39, 0.29) is 11.8 Å². The van der Waals surface area contributed by atoms with Gasteiger partial charge in [-0.15, -0.1) is 0 Å². The van der Waals surface area contributed by atoms with Gasteiger partial charge in [-0.3, -0.25) is 20.4 Å². The molecule has 3 N–H and O–H groups in total. The minimum atomic E-state index is -0.278. The molecule has 1 heterocycles. The van der Waals surface area contributed by atoms with Crippen molar-refractivity contribution in [3.8, 4) is 0 Å². The highest BCUT2D eigenvalue weighted by Crippen LogP contribution is 2.32. The fraction of sp³-hybridized carbons (Fsp3) is 0.556. The molecular weight excluding hydrogens is 290 g/mol. The monoisotopic (exact) mass is 316 g/mol. The second-order valence-corrected chi connectivity index (χ2v) is 6.84. The lowest BCUT2D eigenvalue weighted by atomic mass is 9.75. The van der Waals surface area contributed by atoms with Gasteiger partial charge in [0, 0.05) is 11.5 Å². The summed E-state index contributed by atoms with van der Waals surface area (Å²) < 4.78 is 0. The van der Waals surface area contributed by atoms with Gasteiger partial charge in [0.25, 0.3) is 11.8 Å². The van der Waals surface area contributed by atoms with Crippen LogP contribution in [0.3, 0.4) is 0 Å². The average Bonchev–Trinajstić information content (AvgIpc) is 2.60. The molecule has 1 aliphatic carbocycles. The first-order valence-corrected chi connectivity index (χ1v) is 8.70. The summed E-state index contributed by atoms with van der Waals surface area (Å²) in [5.74, 6) is 1.28. The Morgan fingerprint density at radius 2 is 1.74 bits per heavy atom. The number of quaternary nitrogens is 1. The Hall–Kier alpha value is -1.88. The number of carbonyl (C=O) groups excluding carboxylic acids is 2. The van der Waals surface area contributed by atoms with E-state index in [1.165, 1.54) is 37.0 Å². The van der Waals surface area contributed by atoms with Gasteiger partial charge in [0.15, 0.2) is 6.54 Å². The van der Waals surface area contributed by atoms with Crippen molar-refractivity contribution in [1.29, 1.82) is 0 Å². The normalized spacial score (nSPS) is 26.9. The van der Waals surface area contributed by atoms with Crippen molar-refractivity contribution >= 4 is 11.8 Å². The number of rotatable bonds is 3. The first-order valence-electron chi connectivity index (χ1n) is 8.70. The molecule has 2 amide bonds. The smallest absolute Gasteiger partial charge is 0.293 e. The standard InChI is InChI=1S/C18H25N3O2/c22-17(19-20-18(23)15-7-2-1-3-8-15)13-21-11-10-14-6-4-5-9-16(14)12-21/h1-3,7-8,14,16H,4-6,9-13H2,(H,19,22)(H,20,23)/p+1/t14-,16-/m1/s1. The van der Waals surface area contributed by atoms with Gasteiger partial charge in [0.1, 0.15) is 0 Å². The third-order valence-electron chi connectivity index (χ3n) is 5.25. The zero-order valence-electron chi connectivity index (χ0n) is 13.5. The summed E-state index contributed by atoms with van der Waals surface area (Å²) in [5.41, 5.74) is 5.58. The predicted molar refractivity (Wildman–Crippen MR) is 87.7 cm³/mol. The largest absolute Gasteiger partial charge is 0.327 e. The number of likely N-dealkylation sites (tertiary alicyclic amines) is 1. The number of benzene rings is 1. The fourth-order valence-electron chi connectivity index (χ4n) is 4.02. The Morgan fingerprint density at radius 3 is 2.52 bits per heavy atom. The van der Waals surface area contributed by atoms with Crippen LogP contribution >= 0.6 is 0 Å². The highest BCUT2D eigenvalue weighted by molar-refractivity contribution is 5.95. The Labute approximate surface area is 137 Å². The Kier molecular flexibility index (Phi) is 5.28. The van der Waals surface area contributed by atoms with Crippen molar-refractivity contribution in [2.45, 2.75) is 32.1 Å². The second kappa shape index (κ2) is 7.59. The molecule has 2 aliphatic rings. The predicted octanol–water partition coefficient (Wildman–Crippen LogP) is 0.543. The highest BCUT2D eigenvalue weighted by atomic mass is 16.2. The Bertz CT molecular complexity index is 546. The van der Waals surface area contributed by atoms with Crippen molar-refractivity contribution in [3.63, 3.8) is 0 Å². The molecule has 1 saturated carbocycles. The molecule has 5 nitrogen and oxygen atoms in total. The minimum Gasteiger partial charge on any atom is -0.327 e. The quantitative estimate of drug-likeness (QED) is 0.713. The molecule has 0 spiro atoms. The molecule has 1 saturated heterocycles. The number of hydrazine groups is 1. The van der Waals surface area contributed by atoms with Gasteiger partial charge in [-0.1, -0.05) is 31.0 Å². The summed E-state index contributed by atoms with van der Waals surface area (Å²) >= 11 is 0. The van der Waals surface area contributed by atoms with Crippen LogP contribution in [0.4, 0.5) is 0 Å². The Balaban J connectivity index is 1.42. The van der Waals surface area contributed by atoms with E-state index < -0.39 is 0 Å². The van der Waals surface area contributed by atoms with Crippen molar-refractivity contribution in [3.05, 3.63) is 35.9 Å². The van der Waals surface area contributed by atoms with Gasteiger partial charge in [-0.25, -0.2) is 0 Å². The SMILES string of the molecule is O=C(C[NH+]1CC[C@H]2CCCC[C@@H]2C1)NNC(=O)c1ccccc1. The lowest BCUT2D eigenvalue weighted by molar-refractivity contribution is -0.902. The van der Waals surface area contributed by atoms with Gasteiger partial charge >= 0.3 is 0 Å². The molecule has 3 atom stereocenters. The van der Waals surface area contributed by atoms with E-state index in [1.807, 2.05) is 6.07 Å². The maximum atomic E-state index is 12.1. The molecule has 1 aromatic carbocycles. The third kappa shape index (κ3) is 4.32. The van der Waals surface area contributed by atoms with Gasteiger partial charge in [0.2, 0.25) is 0 Å². The van der Waals surface area contributed by atoms with E-state index in [0.717, 1.165) is 24.9 Å². The number of carbonyl (C=O) groups is 2. The topological polar surface area (TPSA) is 62.6 Å². The van der Waals surface area contributed by atoms with Crippen LogP contribution < -0.4 is 15.8 Å². The van der Waals surface area contributed by atoms with Gasteiger partial charge < -0.3 is 4.90 Å². The molecule has 1 aromatic rings. The van der Waals surface area contributed by atoms with E-state index in [2.05, 4.69) is 10.9 Å². The number of hydrogen-bond donors (Lipinski definition) is 3. The van der Waals surface area contributed by atoms with Crippen LogP contribution in [0.15, 0.2) is 30.3 Å². The van der Waals surface area contributed by atoms with Gasteiger partial charge in [-0.05, 0) is 37.3 Å². The van der Waals surface area contributed by atoms with Crippen molar-refractivity contribution in [2.75, 3.05) is 19.6 Å². The summed E-state index contributed by atoms with van der Waals surface area (Å²) in [5, 5.41) is 0. The maximum Gasteiger partial charge on any atom is 0.293 e. The number of nitrogens with one attached hydrogen (secondary N) is 3. The van der Waals surface area contributed by atoms with Gasteiger partial charge in [0.05, 0.1) is 13.1 Å². The zero-order valence-corrected chi connectivity index (χ0v) is 13.5. The van der Waals surface area contributed by atoms with E-state index in [0.29, 0.717) is 12.1 Å². The second-order valence-electron chi connectivity index (χ2n) is 6.84. The number of amides is 2. The fourth-order valence-corrected chi connectivity index (χ4v) is 4.02. The highest BCUT2D eigenvalue weighted by Gasteiger charge is 2.34. The molecule has 0 bridgehead atoms. The number of piperidine rings is 1. The van der Waals surface area contributed by atoms with E-state index in [1.54, 1.807) is 24.3 Å². The summed E-state index contributed by atoms with van der Waals surface area (Å²) in [6, 6.07) is 8.90. The lowest BCUT2D eigenvalue weighted by Crippen LogP contribution is -3.15. The minimum absolute atomic E-state index is 0.112. The molecule has 2 fully saturated rings. The summed E-state index contributed by atoms with van der Waals surface area (Å²) in [7, 11) is 0. The zero-order chi connectivity index (χ0) is 16.1. The van der Waals surface area contributed by atoms with Crippen LogP contribution in [0.25, 0.3) is 0 Å². The Morgan fingerprint density at radius 1 is 1.00 bits per heavy atom. The first kappa shape index (κ1) is 16.0. The molecule has 124 valence electrons. The van der Waals surface area contributed by atoms with Crippen LogP contribution in [-0.2, 0) is 4.79 Å². The van der Waals surface area contributed by atoms with Crippen molar-refractivity contribution in [2.24, 2.45) is 11.8 Å². The number of hydrogen-bond acceptors (Lipinski definition) is 2. The maximum absolute atomic E-state index is 12.1. The third-order valence-corrected chi connectivity index (χ3v) is 5.25. The summed E-state index contributed by atoms with van der Waals surface area (Å²) in [6.07, 6.45) is 6.65. The summed E-state index contributed by atoms with van der Waals surface area (Å²) in [6.45, 7) is 2.62. The van der Waals surface area contributed by atoms with E-state index in [9.17, 15) is 9.59 Å². The molecule has 0 radical (unpaired) electrons.